The highest BCUT2D eigenvalue weighted by Gasteiger charge is 2.19. The summed E-state index contributed by atoms with van der Waals surface area (Å²) in [5, 5.41) is 16.6. The Morgan fingerprint density at radius 2 is 1.70 bits per heavy atom. The Labute approximate surface area is 124 Å². The molecule has 0 radical (unpaired) electrons. The van der Waals surface area contributed by atoms with Crippen LogP contribution in [0.25, 0.3) is 0 Å². The summed E-state index contributed by atoms with van der Waals surface area (Å²) in [5.41, 5.74) is 1.28. The monoisotopic (exact) mass is 290 g/mol. The molecule has 0 aliphatic carbocycles. The number of Topliss-reactive ketones (excluding diaryl/α,β-unsaturated/α-hetero) is 1. The smallest absolute Gasteiger partial charge is 0.173 e. The summed E-state index contributed by atoms with van der Waals surface area (Å²) >= 11 is 0. The molecule has 0 spiro atoms. The summed E-state index contributed by atoms with van der Waals surface area (Å²) in [6.45, 7) is 11.5. The Morgan fingerprint density at radius 3 is 1.85 bits per heavy atom. The Balaban J connectivity index is -0.000000251. The maximum absolute atomic E-state index is 10.3. The van der Waals surface area contributed by atoms with Gasteiger partial charge in [0.05, 0.1) is 0 Å². The van der Waals surface area contributed by atoms with E-state index in [0.29, 0.717) is 18.3 Å². The molecule has 1 atom stereocenters. The molecule has 0 aromatic rings. The largest absolute Gasteiger partial charge is 0.368 e. The molecule has 0 amide bonds. The van der Waals surface area contributed by atoms with Crippen LogP contribution < -0.4 is 11.3 Å². The van der Waals surface area contributed by atoms with Crippen molar-refractivity contribution in [3.05, 3.63) is 0 Å². The molecule has 0 aromatic carbocycles. The molecule has 0 bridgehead atoms. The van der Waals surface area contributed by atoms with Crippen molar-refractivity contribution >= 4 is 5.78 Å². The van der Waals surface area contributed by atoms with E-state index in [1.54, 1.807) is 27.9 Å². The normalized spacial score (nSPS) is 13.4. The van der Waals surface area contributed by atoms with Crippen LogP contribution in [-0.4, -0.2) is 30.7 Å². The molecule has 4 N–H and O–H groups in total. The first-order chi connectivity index (χ1) is 9.02. The van der Waals surface area contributed by atoms with E-state index in [0.717, 1.165) is 6.42 Å². The lowest BCUT2D eigenvalue weighted by Crippen LogP contribution is -2.22. The summed E-state index contributed by atoms with van der Waals surface area (Å²) in [7, 11) is 3.22. The summed E-state index contributed by atoms with van der Waals surface area (Å²) in [4.78, 5) is 10.3. The van der Waals surface area contributed by atoms with Gasteiger partial charge in [-0.15, -0.1) is 0 Å². The third kappa shape index (κ3) is 30.3. The van der Waals surface area contributed by atoms with Gasteiger partial charge in [0, 0.05) is 19.9 Å². The molecule has 0 aliphatic heterocycles. The molecule has 122 valence electrons. The predicted molar refractivity (Wildman–Crippen MR) is 84.2 cm³/mol. The van der Waals surface area contributed by atoms with Gasteiger partial charge in [0.25, 0.3) is 0 Å². The van der Waals surface area contributed by atoms with E-state index in [9.17, 15) is 9.90 Å². The minimum Gasteiger partial charge on any atom is -0.368 e. The van der Waals surface area contributed by atoms with Crippen LogP contribution >= 0.6 is 0 Å². The molecule has 0 saturated heterocycles. The van der Waals surface area contributed by atoms with Crippen LogP contribution in [0.5, 0.6) is 0 Å². The van der Waals surface area contributed by atoms with Crippen molar-refractivity contribution < 1.29 is 9.90 Å². The SMILES string of the molecule is C/N=N/C(C)(O)CC(C)C.CC(=O)CC(C)C.CNN. The number of rotatable bonds is 5. The van der Waals surface area contributed by atoms with E-state index in [-0.39, 0.29) is 5.78 Å². The third-order valence-corrected chi connectivity index (χ3v) is 1.81. The maximum Gasteiger partial charge on any atom is 0.173 e. The number of hydrazine groups is 1. The number of carbonyl (C=O) groups is 1. The third-order valence-electron chi connectivity index (χ3n) is 1.81. The van der Waals surface area contributed by atoms with Crippen LogP contribution in [0.2, 0.25) is 0 Å². The lowest BCUT2D eigenvalue weighted by atomic mass is 10.0. The zero-order valence-electron chi connectivity index (χ0n) is 14.4. The lowest BCUT2D eigenvalue weighted by Gasteiger charge is -2.18. The van der Waals surface area contributed by atoms with Crippen LogP contribution in [0.1, 0.15) is 54.4 Å². The van der Waals surface area contributed by atoms with Gasteiger partial charge in [-0.05, 0) is 32.7 Å². The molecule has 0 aliphatic rings. The minimum atomic E-state index is -0.969. The molecule has 6 heteroatoms. The van der Waals surface area contributed by atoms with E-state index in [4.69, 9.17) is 0 Å². The topological polar surface area (TPSA) is 100 Å². The first-order valence-corrected chi connectivity index (χ1v) is 6.92. The van der Waals surface area contributed by atoms with Crippen molar-refractivity contribution in [3.63, 3.8) is 0 Å². The minimum absolute atomic E-state index is 0.287. The lowest BCUT2D eigenvalue weighted by molar-refractivity contribution is -0.117. The standard InChI is InChI=1S/C7H16N2O.C6H12O.CH6N2/c1-6(2)5-7(3,10)9-8-4;1-5(2)4-6(3)7;1-3-2/h6,10H,5H2,1-4H3;5H,4H2,1-3H3;3H,2H2,1H3/b9-8+;;. The van der Waals surface area contributed by atoms with Crippen LogP contribution in [0.3, 0.4) is 0 Å². The second kappa shape index (κ2) is 14.6. The highest BCUT2D eigenvalue weighted by Crippen LogP contribution is 2.17. The molecule has 0 rings (SSSR count). The fourth-order valence-electron chi connectivity index (χ4n) is 1.60. The van der Waals surface area contributed by atoms with Gasteiger partial charge in [0.2, 0.25) is 0 Å². The van der Waals surface area contributed by atoms with Crippen molar-refractivity contribution in [2.24, 2.45) is 27.9 Å². The molecular formula is C14H34N4O2. The van der Waals surface area contributed by atoms with Crippen molar-refractivity contribution in [2.75, 3.05) is 14.1 Å². The van der Waals surface area contributed by atoms with Crippen molar-refractivity contribution in [1.82, 2.24) is 5.43 Å². The Bertz CT molecular complexity index is 252. The van der Waals surface area contributed by atoms with E-state index < -0.39 is 5.72 Å². The van der Waals surface area contributed by atoms with Gasteiger partial charge in [-0.2, -0.15) is 10.2 Å². The molecule has 0 heterocycles. The van der Waals surface area contributed by atoms with Gasteiger partial charge in [0.1, 0.15) is 5.78 Å². The van der Waals surface area contributed by atoms with Gasteiger partial charge in [-0.25, -0.2) is 0 Å². The number of hydrogen-bond acceptors (Lipinski definition) is 6. The van der Waals surface area contributed by atoms with E-state index in [1.165, 1.54) is 0 Å². The molecule has 1 unspecified atom stereocenters. The molecule has 0 saturated carbocycles. The van der Waals surface area contributed by atoms with Crippen molar-refractivity contribution in [1.29, 1.82) is 0 Å². The summed E-state index contributed by atoms with van der Waals surface area (Å²) in [6.07, 6.45) is 1.38. The van der Waals surface area contributed by atoms with E-state index in [1.807, 2.05) is 27.7 Å². The van der Waals surface area contributed by atoms with Crippen LogP contribution in [0, 0.1) is 11.8 Å². The molecule has 0 aromatic heterocycles. The highest BCUT2D eigenvalue weighted by atomic mass is 16.3. The Hall–Kier alpha value is -0.850. The van der Waals surface area contributed by atoms with Crippen LogP contribution in [0.15, 0.2) is 10.2 Å². The fourth-order valence-corrected chi connectivity index (χ4v) is 1.60. The second-order valence-electron chi connectivity index (χ2n) is 5.70. The Morgan fingerprint density at radius 1 is 1.30 bits per heavy atom. The molecular weight excluding hydrogens is 256 g/mol. The first kappa shape index (κ1) is 24.2. The molecule has 6 nitrogen and oxygen atoms in total. The van der Waals surface area contributed by atoms with Crippen molar-refractivity contribution in [3.8, 4) is 0 Å². The number of carbonyl (C=O) groups excluding carboxylic acids is 1. The number of nitrogens with zero attached hydrogens (tertiary/aromatic N) is 2. The predicted octanol–water partition coefficient (Wildman–Crippen LogP) is 2.52. The van der Waals surface area contributed by atoms with Crippen LogP contribution in [-0.2, 0) is 4.79 Å². The number of azo groups is 1. The van der Waals surface area contributed by atoms with Crippen molar-refractivity contribution in [2.45, 2.75) is 60.1 Å². The summed E-state index contributed by atoms with van der Waals surface area (Å²) < 4.78 is 0. The second-order valence-corrected chi connectivity index (χ2v) is 5.70. The van der Waals surface area contributed by atoms with Gasteiger partial charge in [-0.3, -0.25) is 11.3 Å². The number of nitrogens with one attached hydrogen (secondary N) is 1. The zero-order chi connectivity index (χ0) is 16.8. The number of aliphatic hydroxyl groups is 1. The maximum atomic E-state index is 10.3. The van der Waals surface area contributed by atoms with Crippen LogP contribution in [0.4, 0.5) is 0 Å². The van der Waals surface area contributed by atoms with Gasteiger partial charge >= 0.3 is 0 Å². The van der Waals surface area contributed by atoms with Gasteiger partial charge < -0.3 is 9.90 Å². The number of nitrogens with two attached hydrogens (primary N) is 1. The van der Waals surface area contributed by atoms with Gasteiger partial charge in [-0.1, -0.05) is 27.7 Å². The van der Waals surface area contributed by atoms with E-state index in [2.05, 4.69) is 21.5 Å². The summed E-state index contributed by atoms with van der Waals surface area (Å²) in [6, 6.07) is 0. The number of hydrogen-bond donors (Lipinski definition) is 3. The Kier molecular flexibility index (Phi) is 17.6. The molecule has 20 heavy (non-hydrogen) atoms. The average Bonchev–Trinajstić information content (AvgIpc) is 2.13. The fraction of sp³-hybridized carbons (Fsp3) is 0.929. The highest BCUT2D eigenvalue weighted by molar-refractivity contribution is 5.75. The quantitative estimate of drug-likeness (QED) is 0.411. The summed E-state index contributed by atoms with van der Waals surface area (Å²) in [5.74, 6) is 5.85. The molecule has 0 fully saturated rings. The van der Waals surface area contributed by atoms with Gasteiger partial charge in [0.15, 0.2) is 5.72 Å². The van der Waals surface area contributed by atoms with E-state index >= 15 is 0 Å². The number of ketones is 1. The first-order valence-electron chi connectivity index (χ1n) is 6.92. The average molecular weight is 290 g/mol. The zero-order valence-corrected chi connectivity index (χ0v) is 14.4.